The van der Waals surface area contributed by atoms with Gasteiger partial charge in [0.2, 0.25) is 0 Å². The first kappa shape index (κ1) is 16.5. The van der Waals surface area contributed by atoms with Crippen molar-refractivity contribution < 1.29 is 13.5 Å². The average Bonchev–Trinajstić information content (AvgIpc) is 2.91. The number of aliphatic hydroxyl groups excluding tert-OH is 1. The van der Waals surface area contributed by atoms with E-state index < -0.39 is 15.9 Å². The van der Waals surface area contributed by atoms with Crippen molar-refractivity contribution in [1.82, 2.24) is 9.78 Å². The molecule has 6 nitrogen and oxygen atoms in total. The molecule has 0 radical (unpaired) electrons. The van der Waals surface area contributed by atoms with Gasteiger partial charge in [-0.2, -0.15) is 5.10 Å². The number of aromatic nitrogens is 2. The lowest BCUT2D eigenvalue weighted by molar-refractivity contribution is 0.161. The molecule has 0 aliphatic heterocycles. The molecule has 0 fully saturated rings. The first-order valence-corrected chi connectivity index (χ1v) is 9.07. The molecule has 0 bridgehead atoms. The molecule has 1 unspecified atom stereocenters. The van der Waals surface area contributed by atoms with E-state index in [1.165, 1.54) is 6.26 Å². The number of nitrogens with one attached hydrogen (secondary N) is 1. The van der Waals surface area contributed by atoms with Gasteiger partial charge in [-0.3, -0.25) is 4.68 Å². The Morgan fingerprint density at radius 3 is 2.77 bits per heavy atom. The number of anilines is 1. The molecule has 7 heteroatoms. The van der Waals surface area contributed by atoms with Gasteiger partial charge in [-0.25, -0.2) is 8.42 Å². The molecule has 1 aromatic carbocycles. The van der Waals surface area contributed by atoms with E-state index in [1.54, 1.807) is 23.1 Å². The smallest absolute Gasteiger partial charge is 0.151 e. The van der Waals surface area contributed by atoms with Crippen molar-refractivity contribution in [1.29, 1.82) is 0 Å². The fourth-order valence-electron chi connectivity index (χ4n) is 2.23. The highest BCUT2D eigenvalue weighted by Gasteiger charge is 2.11. The number of nitrogens with zero attached hydrogens (tertiary/aromatic N) is 2. The van der Waals surface area contributed by atoms with Crippen LogP contribution in [0.3, 0.4) is 0 Å². The normalized spacial score (nSPS) is 13.0. The first-order valence-electron chi connectivity index (χ1n) is 7.01. The Bertz CT molecular complexity index is 712. The molecule has 0 saturated carbocycles. The van der Waals surface area contributed by atoms with Crippen molar-refractivity contribution in [2.75, 3.05) is 18.1 Å². The molecule has 120 valence electrons. The minimum absolute atomic E-state index is 0.0180. The van der Waals surface area contributed by atoms with Crippen molar-refractivity contribution in [3.63, 3.8) is 0 Å². The zero-order valence-electron chi connectivity index (χ0n) is 12.7. The Morgan fingerprint density at radius 1 is 1.36 bits per heavy atom. The van der Waals surface area contributed by atoms with Crippen LogP contribution in [0.15, 0.2) is 36.7 Å². The monoisotopic (exact) mass is 323 g/mol. The molecule has 2 aromatic rings. The highest BCUT2D eigenvalue weighted by atomic mass is 32.2. The fourth-order valence-corrected chi connectivity index (χ4v) is 3.11. The van der Waals surface area contributed by atoms with E-state index >= 15 is 0 Å². The third-order valence-electron chi connectivity index (χ3n) is 3.35. The second-order valence-electron chi connectivity index (χ2n) is 5.42. The van der Waals surface area contributed by atoms with Crippen LogP contribution in [0.25, 0.3) is 0 Å². The summed E-state index contributed by atoms with van der Waals surface area (Å²) < 4.78 is 24.5. The second-order valence-corrected chi connectivity index (χ2v) is 7.56. The van der Waals surface area contributed by atoms with Crippen LogP contribution in [0.4, 0.5) is 5.69 Å². The third-order valence-corrected chi connectivity index (χ3v) is 4.18. The van der Waals surface area contributed by atoms with Gasteiger partial charge < -0.3 is 10.4 Å². The minimum Gasteiger partial charge on any atom is -0.389 e. The van der Waals surface area contributed by atoms with E-state index in [-0.39, 0.29) is 5.75 Å². The Kier molecular flexibility index (Phi) is 5.20. The van der Waals surface area contributed by atoms with Gasteiger partial charge in [0.15, 0.2) is 9.84 Å². The largest absolute Gasteiger partial charge is 0.389 e. The summed E-state index contributed by atoms with van der Waals surface area (Å²) in [6.45, 7) is 2.65. The molecule has 0 saturated heterocycles. The Morgan fingerprint density at radius 2 is 2.14 bits per heavy atom. The maximum absolute atomic E-state index is 11.4. The number of benzene rings is 1. The van der Waals surface area contributed by atoms with Gasteiger partial charge in [-0.15, -0.1) is 0 Å². The van der Waals surface area contributed by atoms with Crippen LogP contribution >= 0.6 is 0 Å². The zero-order chi connectivity index (χ0) is 16.2. The summed E-state index contributed by atoms with van der Waals surface area (Å²) in [7, 11) is -3.07. The SMILES string of the molecule is Cc1c(CS(C)(=O)=O)cccc1NCC(O)Cn1cccn1. The van der Waals surface area contributed by atoms with Crippen molar-refractivity contribution >= 4 is 15.5 Å². The molecule has 1 aromatic heterocycles. The Hall–Kier alpha value is -1.86. The Balaban J connectivity index is 1.99. The van der Waals surface area contributed by atoms with Gasteiger partial charge >= 0.3 is 0 Å². The van der Waals surface area contributed by atoms with Crippen LogP contribution in [-0.4, -0.2) is 42.2 Å². The summed E-state index contributed by atoms with van der Waals surface area (Å²) in [5, 5.41) is 17.2. The number of rotatable bonds is 7. The molecule has 1 atom stereocenters. The average molecular weight is 323 g/mol. The summed E-state index contributed by atoms with van der Waals surface area (Å²) in [6.07, 6.45) is 4.10. The van der Waals surface area contributed by atoms with E-state index in [4.69, 9.17) is 0 Å². The van der Waals surface area contributed by atoms with Crippen molar-refractivity contribution in [3.05, 3.63) is 47.8 Å². The predicted octanol–water partition coefficient (Wildman–Crippen LogP) is 1.21. The van der Waals surface area contributed by atoms with E-state index in [1.807, 2.05) is 25.1 Å². The standard InChI is InChI=1S/C15H21N3O3S/c1-12-13(11-22(2,20)21)5-3-6-15(12)16-9-14(19)10-18-8-4-7-17-18/h3-8,14,16,19H,9-11H2,1-2H3. The minimum atomic E-state index is -3.07. The van der Waals surface area contributed by atoms with Crippen LogP contribution in [0.2, 0.25) is 0 Å². The molecule has 0 aliphatic carbocycles. The van der Waals surface area contributed by atoms with Gasteiger partial charge in [-0.1, -0.05) is 12.1 Å². The first-order chi connectivity index (χ1) is 10.3. The third kappa shape index (κ3) is 4.85. The summed E-state index contributed by atoms with van der Waals surface area (Å²) >= 11 is 0. The van der Waals surface area contributed by atoms with E-state index in [0.717, 1.165) is 16.8 Å². The number of sulfone groups is 1. The quantitative estimate of drug-likeness (QED) is 0.800. The van der Waals surface area contributed by atoms with Gasteiger partial charge in [0.05, 0.1) is 18.4 Å². The zero-order valence-corrected chi connectivity index (χ0v) is 13.5. The number of hydrogen-bond acceptors (Lipinski definition) is 5. The fraction of sp³-hybridized carbons (Fsp3) is 0.400. The lowest BCUT2D eigenvalue weighted by Crippen LogP contribution is -2.25. The summed E-state index contributed by atoms with van der Waals surface area (Å²) in [5.74, 6) is 0.0180. The van der Waals surface area contributed by atoms with Gasteiger partial charge in [0, 0.05) is 30.9 Å². The molecular weight excluding hydrogens is 302 g/mol. The highest BCUT2D eigenvalue weighted by molar-refractivity contribution is 7.89. The maximum atomic E-state index is 11.4. The topological polar surface area (TPSA) is 84.2 Å². The molecule has 0 amide bonds. The maximum Gasteiger partial charge on any atom is 0.151 e. The molecule has 22 heavy (non-hydrogen) atoms. The van der Waals surface area contributed by atoms with Crippen LogP contribution < -0.4 is 5.32 Å². The molecule has 2 N–H and O–H groups in total. The lowest BCUT2D eigenvalue weighted by atomic mass is 10.1. The van der Waals surface area contributed by atoms with E-state index in [9.17, 15) is 13.5 Å². The van der Waals surface area contributed by atoms with Crippen LogP contribution in [0.5, 0.6) is 0 Å². The van der Waals surface area contributed by atoms with Gasteiger partial charge in [0.25, 0.3) is 0 Å². The molecule has 0 aliphatic rings. The van der Waals surface area contributed by atoms with Crippen LogP contribution in [0, 0.1) is 6.92 Å². The van der Waals surface area contributed by atoms with Crippen molar-refractivity contribution in [2.45, 2.75) is 25.3 Å². The molecule has 2 rings (SSSR count). The van der Waals surface area contributed by atoms with Crippen molar-refractivity contribution in [3.8, 4) is 0 Å². The summed E-state index contributed by atoms with van der Waals surface area (Å²) in [6, 6.07) is 7.30. The van der Waals surface area contributed by atoms with E-state index in [2.05, 4.69) is 10.4 Å². The summed E-state index contributed by atoms with van der Waals surface area (Å²) in [4.78, 5) is 0. The van der Waals surface area contributed by atoms with E-state index in [0.29, 0.717) is 13.1 Å². The number of aliphatic hydroxyl groups is 1. The molecule has 1 heterocycles. The van der Waals surface area contributed by atoms with Crippen LogP contribution in [-0.2, 0) is 22.1 Å². The summed E-state index contributed by atoms with van der Waals surface area (Å²) in [5.41, 5.74) is 2.49. The second kappa shape index (κ2) is 6.93. The van der Waals surface area contributed by atoms with Gasteiger partial charge in [0.1, 0.15) is 0 Å². The number of hydrogen-bond donors (Lipinski definition) is 2. The molecule has 0 spiro atoms. The van der Waals surface area contributed by atoms with Crippen molar-refractivity contribution in [2.24, 2.45) is 0 Å². The van der Waals surface area contributed by atoms with Gasteiger partial charge in [-0.05, 0) is 30.2 Å². The highest BCUT2D eigenvalue weighted by Crippen LogP contribution is 2.20. The van der Waals surface area contributed by atoms with Crippen LogP contribution in [0.1, 0.15) is 11.1 Å². The lowest BCUT2D eigenvalue weighted by Gasteiger charge is -2.16. The Labute approximate surface area is 130 Å². The molecular formula is C15H21N3O3S. The predicted molar refractivity (Wildman–Crippen MR) is 86.5 cm³/mol.